The van der Waals surface area contributed by atoms with Gasteiger partial charge in [-0.25, -0.2) is 0 Å². The summed E-state index contributed by atoms with van der Waals surface area (Å²) in [4.78, 5) is 0. The Kier molecular flexibility index (Phi) is 6.54. The summed E-state index contributed by atoms with van der Waals surface area (Å²) < 4.78 is 11.3. The Morgan fingerprint density at radius 3 is 1.94 bits per heavy atom. The van der Waals surface area contributed by atoms with E-state index in [1.807, 2.05) is 24.3 Å². The van der Waals surface area contributed by atoms with Gasteiger partial charge in [0.05, 0.1) is 0 Å². The maximum absolute atomic E-state index is 5.84. The molecule has 0 aliphatic rings. The molecule has 16 heavy (non-hydrogen) atoms. The Balaban J connectivity index is 2.62. The summed E-state index contributed by atoms with van der Waals surface area (Å²) >= 11 is 5.84. The SMILES string of the molecule is CCCOB(OCCC)c1ccc(Cl)cc1. The fourth-order valence-corrected chi connectivity index (χ4v) is 1.44. The molecule has 0 aromatic heterocycles. The second-order valence-corrected chi connectivity index (χ2v) is 4.06. The number of rotatable bonds is 7. The lowest BCUT2D eigenvalue weighted by molar-refractivity contribution is 0.207. The summed E-state index contributed by atoms with van der Waals surface area (Å²) in [5, 5.41) is 0.730. The van der Waals surface area contributed by atoms with E-state index in [1.165, 1.54) is 0 Å². The fraction of sp³-hybridized carbons (Fsp3) is 0.500. The molecule has 0 spiro atoms. The molecule has 0 aliphatic carbocycles. The van der Waals surface area contributed by atoms with Gasteiger partial charge in [0.2, 0.25) is 0 Å². The minimum atomic E-state index is -0.267. The quantitative estimate of drug-likeness (QED) is 0.682. The van der Waals surface area contributed by atoms with E-state index in [0.29, 0.717) is 13.2 Å². The molecule has 0 aliphatic heterocycles. The van der Waals surface area contributed by atoms with Crippen LogP contribution in [0.5, 0.6) is 0 Å². The van der Waals surface area contributed by atoms with Crippen LogP contribution >= 0.6 is 11.6 Å². The highest BCUT2D eigenvalue weighted by Crippen LogP contribution is 2.05. The average Bonchev–Trinajstić information content (AvgIpc) is 2.31. The van der Waals surface area contributed by atoms with Gasteiger partial charge < -0.3 is 9.31 Å². The van der Waals surface area contributed by atoms with Crippen molar-refractivity contribution in [3.63, 3.8) is 0 Å². The van der Waals surface area contributed by atoms with Crippen LogP contribution < -0.4 is 5.46 Å². The molecule has 0 saturated carbocycles. The van der Waals surface area contributed by atoms with Crippen LogP contribution in [-0.2, 0) is 9.31 Å². The molecule has 0 atom stereocenters. The Bertz CT molecular complexity index is 282. The predicted molar refractivity (Wildman–Crippen MR) is 69.3 cm³/mol. The summed E-state index contributed by atoms with van der Waals surface area (Å²) in [6.07, 6.45) is 1.97. The van der Waals surface area contributed by atoms with E-state index in [4.69, 9.17) is 20.9 Å². The fourth-order valence-electron chi connectivity index (χ4n) is 1.31. The topological polar surface area (TPSA) is 18.5 Å². The van der Waals surface area contributed by atoms with Crippen molar-refractivity contribution in [1.29, 1.82) is 0 Å². The van der Waals surface area contributed by atoms with Crippen molar-refractivity contribution in [3.8, 4) is 0 Å². The second kappa shape index (κ2) is 7.72. The van der Waals surface area contributed by atoms with E-state index in [2.05, 4.69) is 13.8 Å². The maximum atomic E-state index is 5.84. The molecule has 1 rings (SSSR count). The van der Waals surface area contributed by atoms with E-state index >= 15 is 0 Å². The summed E-state index contributed by atoms with van der Waals surface area (Å²) in [5.41, 5.74) is 1.02. The van der Waals surface area contributed by atoms with E-state index in [0.717, 1.165) is 23.3 Å². The largest absolute Gasteiger partial charge is 0.493 e. The Hall–Kier alpha value is -0.505. The van der Waals surface area contributed by atoms with Crippen LogP contribution in [0, 0.1) is 0 Å². The molecule has 0 heterocycles. The van der Waals surface area contributed by atoms with Crippen LogP contribution in [0.15, 0.2) is 24.3 Å². The van der Waals surface area contributed by atoms with E-state index < -0.39 is 0 Å². The normalized spacial score (nSPS) is 10.4. The first-order valence-electron chi connectivity index (χ1n) is 5.76. The van der Waals surface area contributed by atoms with Crippen LogP contribution in [0.4, 0.5) is 0 Å². The maximum Gasteiger partial charge on any atom is 0.493 e. The van der Waals surface area contributed by atoms with Gasteiger partial charge in [-0.2, -0.15) is 0 Å². The molecule has 88 valence electrons. The molecular weight excluding hydrogens is 222 g/mol. The summed E-state index contributed by atoms with van der Waals surface area (Å²) in [7, 11) is -0.267. The summed E-state index contributed by atoms with van der Waals surface area (Å²) in [6.45, 7) is 5.57. The highest BCUT2D eigenvalue weighted by molar-refractivity contribution is 6.61. The molecule has 2 nitrogen and oxygen atoms in total. The first-order valence-corrected chi connectivity index (χ1v) is 6.14. The van der Waals surface area contributed by atoms with Gasteiger partial charge >= 0.3 is 7.12 Å². The van der Waals surface area contributed by atoms with E-state index in [9.17, 15) is 0 Å². The number of halogens is 1. The Morgan fingerprint density at radius 1 is 1.00 bits per heavy atom. The summed E-state index contributed by atoms with van der Waals surface area (Å²) in [6, 6.07) is 7.60. The first kappa shape index (κ1) is 13.6. The molecule has 4 heteroatoms. The van der Waals surface area contributed by atoms with Gasteiger partial charge in [0.1, 0.15) is 0 Å². The zero-order valence-electron chi connectivity index (χ0n) is 9.91. The molecular formula is C12H18BClO2. The van der Waals surface area contributed by atoms with Gasteiger partial charge in [0, 0.05) is 18.2 Å². The molecule has 1 aromatic carbocycles. The Labute approximate surface area is 103 Å². The lowest BCUT2D eigenvalue weighted by atomic mass is 9.79. The summed E-state index contributed by atoms with van der Waals surface area (Å²) in [5.74, 6) is 0. The van der Waals surface area contributed by atoms with Gasteiger partial charge in [-0.05, 0) is 30.4 Å². The van der Waals surface area contributed by atoms with Crippen LogP contribution in [0.1, 0.15) is 26.7 Å². The first-order chi connectivity index (χ1) is 7.77. The van der Waals surface area contributed by atoms with Gasteiger partial charge in [0.15, 0.2) is 0 Å². The number of benzene rings is 1. The predicted octanol–water partition coefficient (Wildman–Crippen LogP) is 2.89. The van der Waals surface area contributed by atoms with Gasteiger partial charge in [-0.1, -0.05) is 37.6 Å². The number of hydrogen-bond donors (Lipinski definition) is 0. The van der Waals surface area contributed by atoms with Crippen LogP contribution in [-0.4, -0.2) is 20.3 Å². The minimum Gasteiger partial charge on any atom is -0.407 e. The third kappa shape index (κ3) is 4.56. The highest BCUT2D eigenvalue weighted by Gasteiger charge is 2.20. The molecule has 0 fully saturated rings. The lowest BCUT2D eigenvalue weighted by Gasteiger charge is -2.14. The molecule has 1 aromatic rings. The monoisotopic (exact) mass is 240 g/mol. The van der Waals surface area contributed by atoms with Crippen LogP contribution in [0.2, 0.25) is 5.02 Å². The molecule has 0 amide bonds. The van der Waals surface area contributed by atoms with Crippen molar-refractivity contribution in [2.45, 2.75) is 26.7 Å². The Morgan fingerprint density at radius 2 is 1.50 bits per heavy atom. The zero-order chi connectivity index (χ0) is 11.8. The molecule has 0 N–H and O–H groups in total. The van der Waals surface area contributed by atoms with Crippen LogP contribution in [0.25, 0.3) is 0 Å². The standard InChI is InChI=1S/C12H18BClO2/c1-3-9-15-13(16-10-4-2)11-5-7-12(14)8-6-11/h5-8H,3-4,9-10H2,1-2H3. The zero-order valence-corrected chi connectivity index (χ0v) is 10.7. The van der Waals surface area contributed by atoms with Gasteiger partial charge in [-0.15, -0.1) is 0 Å². The van der Waals surface area contributed by atoms with Crippen molar-refractivity contribution in [2.24, 2.45) is 0 Å². The lowest BCUT2D eigenvalue weighted by Crippen LogP contribution is -2.37. The molecule has 0 radical (unpaired) electrons. The molecule has 0 saturated heterocycles. The van der Waals surface area contributed by atoms with Crippen molar-refractivity contribution < 1.29 is 9.31 Å². The molecule has 0 bridgehead atoms. The third-order valence-corrected chi connectivity index (χ3v) is 2.34. The van der Waals surface area contributed by atoms with Crippen molar-refractivity contribution in [1.82, 2.24) is 0 Å². The molecule has 0 unspecified atom stereocenters. The van der Waals surface area contributed by atoms with Crippen molar-refractivity contribution in [2.75, 3.05) is 13.2 Å². The average molecular weight is 241 g/mol. The van der Waals surface area contributed by atoms with E-state index in [-0.39, 0.29) is 7.12 Å². The minimum absolute atomic E-state index is 0.267. The van der Waals surface area contributed by atoms with Crippen LogP contribution in [0.3, 0.4) is 0 Å². The highest BCUT2D eigenvalue weighted by atomic mass is 35.5. The van der Waals surface area contributed by atoms with Crippen molar-refractivity contribution >= 4 is 24.2 Å². The second-order valence-electron chi connectivity index (χ2n) is 3.63. The third-order valence-electron chi connectivity index (χ3n) is 2.09. The van der Waals surface area contributed by atoms with Gasteiger partial charge in [0.25, 0.3) is 0 Å². The van der Waals surface area contributed by atoms with Crippen molar-refractivity contribution in [3.05, 3.63) is 29.3 Å². The van der Waals surface area contributed by atoms with E-state index in [1.54, 1.807) is 0 Å². The number of hydrogen-bond acceptors (Lipinski definition) is 2. The van der Waals surface area contributed by atoms with Gasteiger partial charge in [-0.3, -0.25) is 0 Å². The smallest absolute Gasteiger partial charge is 0.407 e.